The molecule has 168 valence electrons. The van der Waals surface area contributed by atoms with Crippen LogP contribution < -0.4 is 10.0 Å². The van der Waals surface area contributed by atoms with Crippen LogP contribution in [0.4, 0.5) is 5.69 Å². The van der Waals surface area contributed by atoms with Gasteiger partial charge in [0.1, 0.15) is 0 Å². The van der Waals surface area contributed by atoms with Crippen LogP contribution in [0.5, 0.6) is 0 Å². The van der Waals surface area contributed by atoms with Crippen molar-refractivity contribution in [3.63, 3.8) is 0 Å². The Morgan fingerprint density at radius 3 is 1.94 bits per heavy atom. The van der Waals surface area contributed by atoms with Gasteiger partial charge in [-0.3, -0.25) is 9.52 Å². The molecular weight excluding hydrogens is 420 g/mol. The Kier molecular flexibility index (Phi) is 6.74. The van der Waals surface area contributed by atoms with Crippen LogP contribution in [0.25, 0.3) is 0 Å². The molecule has 0 saturated carbocycles. The maximum atomic E-state index is 12.7. The first kappa shape index (κ1) is 23.5. The smallest absolute Gasteiger partial charge is 0.261 e. The summed E-state index contributed by atoms with van der Waals surface area (Å²) < 4.78 is 27.6. The fourth-order valence-electron chi connectivity index (χ4n) is 3.26. The highest BCUT2D eigenvalue weighted by atomic mass is 32.2. The van der Waals surface area contributed by atoms with Crippen LogP contribution in [0, 0.1) is 6.92 Å². The summed E-state index contributed by atoms with van der Waals surface area (Å²) in [5.41, 5.74) is 4.18. The molecule has 0 saturated heterocycles. The molecule has 1 atom stereocenters. The number of carbonyl (C=O) groups excluding carboxylic acids is 1. The average Bonchev–Trinajstić information content (AvgIpc) is 2.73. The lowest BCUT2D eigenvalue weighted by Crippen LogP contribution is -2.26. The van der Waals surface area contributed by atoms with E-state index in [1.165, 1.54) is 5.56 Å². The summed E-state index contributed by atoms with van der Waals surface area (Å²) in [5, 5.41) is 2.99. The van der Waals surface area contributed by atoms with Gasteiger partial charge in [0.2, 0.25) is 0 Å². The topological polar surface area (TPSA) is 75.3 Å². The van der Waals surface area contributed by atoms with Crippen molar-refractivity contribution in [2.45, 2.75) is 51.0 Å². The van der Waals surface area contributed by atoms with Crippen molar-refractivity contribution in [3.8, 4) is 0 Å². The summed E-state index contributed by atoms with van der Waals surface area (Å²) in [6.45, 7) is 10.3. The highest BCUT2D eigenvalue weighted by molar-refractivity contribution is 7.92. The van der Waals surface area contributed by atoms with Crippen LogP contribution in [0.2, 0.25) is 0 Å². The van der Waals surface area contributed by atoms with E-state index in [9.17, 15) is 13.2 Å². The minimum Gasteiger partial charge on any atom is -0.346 e. The van der Waals surface area contributed by atoms with Crippen LogP contribution in [-0.4, -0.2) is 14.3 Å². The predicted molar refractivity (Wildman–Crippen MR) is 129 cm³/mol. The first-order chi connectivity index (χ1) is 15.0. The highest BCUT2D eigenvalue weighted by Crippen LogP contribution is 2.24. The molecule has 0 aromatic heterocycles. The summed E-state index contributed by atoms with van der Waals surface area (Å²) in [7, 11) is -3.68. The Labute approximate surface area is 190 Å². The van der Waals surface area contributed by atoms with Crippen molar-refractivity contribution in [1.29, 1.82) is 0 Å². The zero-order chi connectivity index (χ0) is 23.5. The van der Waals surface area contributed by atoms with Gasteiger partial charge in [0, 0.05) is 11.3 Å². The summed E-state index contributed by atoms with van der Waals surface area (Å²) in [6.07, 6.45) is 0. The third-order valence-electron chi connectivity index (χ3n) is 5.35. The van der Waals surface area contributed by atoms with E-state index in [-0.39, 0.29) is 22.3 Å². The molecule has 0 spiro atoms. The number of anilines is 1. The Hall–Kier alpha value is -3.12. The Balaban J connectivity index is 1.65. The second-order valence-corrected chi connectivity index (χ2v) is 10.7. The quantitative estimate of drug-likeness (QED) is 0.514. The van der Waals surface area contributed by atoms with Gasteiger partial charge in [0.05, 0.1) is 10.9 Å². The van der Waals surface area contributed by atoms with Gasteiger partial charge in [-0.2, -0.15) is 0 Å². The van der Waals surface area contributed by atoms with Crippen molar-refractivity contribution in [1.82, 2.24) is 5.32 Å². The lowest BCUT2D eigenvalue weighted by molar-refractivity contribution is 0.0940. The molecule has 2 N–H and O–H groups in total. The Morgan fingerprint density at radius 1 is 0.844 bits per heavy atom. The number of hydrogen-bond acceptors (Lipinski definition) is 3. The largest absolute Gasteiger partial charge is 0.346 e. The molecule has 1 amide bonds. The molecule has 0 fully saturated rings. The molecule has 0 heterocycles. The molecule has 32 heavy (non-hydrogen) atoms. The van der Waals surface area contributed by atoms with E-state index in [4.69, 9.17) is 0 Å². The fourth-order valence-corrected chi connectivity index (χ4v) is 4.31. The predicted octanol–water partition coefficient (Wildman–Crippen LogP) is 5.58. The molecule has 3 aromatic rings. The summed E-state index contributed by atoms with van der Waals surface area (Å²) in [5.74, 6) is -0.217. The Morgan fingerprint density at radius 2 is 1.41 bits per heavy atom. The van der Waals surface area contributed by atoms with Gasteiger partial charge in [-0.1, -0.05) is 62.7 Å². The van der Waals surface area contributed by atoms with E-state index in [1.54, 1.807) is 48.5 Å². The molecule has 6 heteroatoms. The molecule has 5 nitrogen and oxygen atoms in total. The number of hydrogen-bond donors (Lipinski definition) is 2. The van der Waals surface area contributed by atoms with E-state index in [0.717, 1.165) is 11.1 Å². The van der Waals surface area contributed by atoms with E-state index >= 15 is 0 Å². The van der Waals surface area contributed by atoms with Gasteiger partial charge in [0.15, 0.2) is 0 Å². The second-order valence-electron chi connectivity index (χ2n) is 9.06. The molecule has 0 unspecified atom stereocenters. The highest BCUT2D eigenvalue weighted by Gasteiger charge is 2.17. The van der Waals surface area contributed by atoms with Crippen LogP contribution >= 0.6 is 0 Å². The van der Waals surface area contributed by atoms with Crippen molar-refractivity contribution in [2.75, 3.05) is 4.72 Å². The third kappa shape index (κ3) is 5.77. The molecule has 3 aromatic carbocycles. The average molecular weight is 451 g/mol. The second kappa shape index (κ2) is 9.17. The minimum absolute atomic E-state index is 0.0771. The molecule has 0 aliphatic rings. The number of benzene rings is 3. The van der Waals surface area contributed by atoms with Crippen molar-refractivity contribution < 1.29 is 13.2 Å². The van der Waals surface area contributed by atoms with Crippen LogP contribution in [0.15, 0.2) is 77.7 Å². The fraction of sp³-hybridized carbons (Fsp3) is 0.269. The zero-order valence-corrected chi connectivity index (χ0v) is 20.0. The van der Waals surface area contributed by atoms with Gasteiger partial charge < -0.3 is 5.32 Å². The van der Waals surface area contributed by atoms with E-state index in [2.05, 4.69) is 42.9 Å². The van der Waals surface area contributed by atoms with Crippen molar-refractivity contribution in [3.05, 3.63) is 95.1 Å². The van der Waals surface area contributed by atoms with E-state index in [0.29, 0.717) is 11.3 Å². The van der Waals surface area contributed by atoms with Gasteiger partial charge in [-0.25, -0.2) is 8.42 Å². The molecule has 0 aliphatic carbocycles. The van der Waals surface area contributed by atoms with Crippen LogP contribution in [0.1, 0.15) is 60.8 Å². The first-order valence-electron chi connectivity index (χ1n) is 10.6. The zero-order valence-electron chi connectivity index (χ0n) is 19.1. The Bertz CT molecular complexity index is 1180. The summed E-state index contributed by atoms with van der Waals surface area (Å²) >= 11 is 0. The number of aryl methyl sites for hydroxylation is 1. The van der Waals surface area contributed by atoms with Crippen molar-refractivity contribution in [2.24, 2.45) is 0 Å². The number of amides is 1. The SMILES string of the molecule is Cc1ccc(S(=O)(=O)Nc2ccc(C(=O)N[C@@H](C)c3ccc(C(C)(C)C)cc3)cc2)cc1. The number of sulfonamides is 1. The summed E-state index contributed by atoms with van der Waals surface area (Å²) in [4.78, 5) is 12.8. The summed E-state index contributed by atoms with van der Waals surface area (Å²) in [6, 6.07) is 21.1. The lowest BCUT2D eigenvalue weighted by atomic mass is 9.86. The monoisotopic (exact) mass is 450 g/mol. The number of carbonyl (C=O) groups is 1. The molecular formula is C26H30N2O3S. The van der Waals surface area contributed by atoms with E-state index in [1.807, 2.05) is 26.0 Å². The molecule has 3 rings (SSSR count). The molecule has 0 bridgehead atoms. The van der Waals surface area contributed by atoms with Crippen molar-refractivity contribution >= 4 is 21.6 Å². The molecule has 0 radical (unpaired) electrons. The molecule has 0 aliphatic heterocycles. The normalized spacial score (nSPS) is 12.8. The van der Waals surface area contributed by atoms with Gasteiger partial charge in [-0.05, 0) is 66.8 Å². The maximum Gasteiger partial charge on any atom is 0.261 e. The van der Waals surface area contributed by atoms with Crippen LogP contribution in [0.3, 0.4) is 0 Å². The standard InChI is InChI=1S/C26H30N2O3S/c1-18-6-16-24(17-7-18)32(30,31)28-23-14-10-21(11-15-23)25(29)27-19(2)20-8-12-22(13-9-20)26(3,4)5/h6-17,19,28H,1-5H3,(H,27,29)/t19-/m0/s1. The van der Waals surface area contributed by atoms with E-state index < -0.39 is 10.0 Å². The first-order valence-corrected chi connectivity index (χ1v) is 12.0. The third-order valence-corrected chi connectivity index (χ3v) is 6.75. The van der Waals surface area contributed by atoms with Gasteiger partial charge >= 0.3 is 0 Å². The van der Waals surface area contributed by atoms with Gasteiger partial charge in [-0.15, -0.1) is 0 Å². The minimum atomic E-state index is -3.68. The van der Waals surface area contributed by atoms with Gasteiger partial charge in [0.25, 0.3) is 15.9 Å². The van der Waals surface area contributed by atoms with Crippen LogP contribution in [-0.2, 0) is 15.4 Å². The number of rotatable bonds is 6. The maximum absolute atomic E-state index is 12.7. The number of nitrogens with one attached hydrogen (secondary N) is 2. The lowest BCUT2D eigenvalue weighted by Gasteiger charge is -2.20.